The first-order chi connectivity index (χ1) is 12.8. The molecular formula is C18H20N6OS. The van der Waals surface area contributed by atoms with Crippen LogP contribution in [0.1, 0.15) is 12.8 Å². The Hall–Kier alpha value is -2.74. The van der Waals surface area contributed by atoms with Gasteiger partial charge in [-0.3, -0.25) is 9.67 Å². The van der Waals surface area contributed by atoms with Gasteiger partial charge in [-0.1, -0.05) is 5.21 Å². The summed E-state index contributed by atoms with van der Waals surface area (Å²) in [5, 5.41) is 15.4. The van der Waals surface area contributed by atoms with Gasteiger partial charge in [-0.15, -0.1) is 5.10 Å². The third-order valence-corrected chi connectivity index (χ3v) is 5.22. The molecule has 1 aliphatic rings. The second kappa shape index (κ2) is 7.65. The van der Waals surface area contributed by atoms with Gasteiger partial charge < -0.3 is 10.2 Å². The average Bonchev–Trinajstić information content (AvgIpc) is 3.35. The maximum Gasteiger partial charge on any atom is 0.321 e. The summed E-state index contributed by atoms with van der Waals surface area (Å²) in [6.07, 6.45) is 7.55. The third-order valence-electron chi connectivity index (χ3n) is 4.54. The van der Waals surface area contributed by atoms with E-state index in [1.54, 1.807) is 23.7 Å². The Labute approximate surface area is 155 Å². The quantitative estimate of drug-likeness (QED) is 0.766. The number of piperidine rings is 1. The number of carbonyl (C=O) groups excluding carboxylic acids is 1. The summed E-state index contributed by atoms with van der Waals surface area (Å²) in [5.41, 5.74) is 2.71. The molecule has 0 unspecified atom stereocenters. The summed E-state index contributed by atoms with van der Waals surface area (Å²) in [6.45, 7) is 2.30. The highest BCUT2D eigenvalue weighted by Gasteiger charge is 2.24. The highest BCUT2D eigenvalue weighted by molar-refractivity contribution is 7.08. The van der Waals surface area contributed by atoms with Crippen molar-refractivity contribution in [3.05, 3.63) is 47.5 Å². The standard InChI is InChI=1S/C18H20N6OS/c25-18(20-16-5-9-26-13-16)23-8-1-2-14(10-23)11-24-12-17(21-22-24)15-3-6-19-7-4-15/h3-7,9,12-14H,1-2,8,10-11H2,(H,20,25)/t14-/m1/s1. The van der Waals surface area contributed by atoms with Crippen molar-refractivity contribution in [3.63, 3.8) is 0 Å². The van der Waals surface area contributed by atoms with E-state index in [-0.39, 0.29) is 6.03 Å². The smallest absolute Gasteiger partial charge is 0.321 e. The van der Waals surface area contributed by atoms with Crippen molar-refractivity contribution in [2.45, 2.75) is 19.4 Å². The lowest BCUT2D eigenvalue weighted by molar-refractivity contribution is 0.168. The molecule has 1 saturated heterocycles. The Morgan fingerprint density at radius 2 is 2.19 bits per heavy atom. The van der Waals surface area contributed by atoms with E-state index in [0.29, 0.717) is 5.92 Å². The molecule has 26 heavy (non-hydrogen) atoms. The van der Waals surface area contributed by atoms with Crippen LogP contribution in [-0.2, 0) is 6.54 Å². The average molecular weight is 368 g/mol. The molecule has 0 spiro atoms. The second-order valence-electron chi connectivity index (χ2n) is 6.46. The van der Waals surface area contributed by atoms with Crippen LogP contribution in [0.25, 0.3) is 11.3 Å². The molecule has 8 heteroatoms. The first-order valence-electron chi connectivity index (χ1n) is 8.66. The van der Waals surface area contributed by atoms with Crippen molar-refractivity contribution in [2.24, 2.45) is 5.92 Å². The molecule has 1 fully saturated rings. The zero-order valence-electron chi connectivity index (χ0n) is 14.3. The Bertz CT molecular complexity index is 848. The summed E-state index contributed by atoms with van der Waals surface area (Å²) in [7, 11) is 0. The predicted molar refractivity (Wildman–Crippen MR) is 101 cm³/mol. The van der Waals surface area contributed by atoms with Crippen molar-refractivity contribution in [1.29, 1.82) is 0 Å². The molecule has 0 radical (unpaired) electrons. The summed E-state index contributed by atoms with van der Waals surface area (Å²) in [6, 6.07) is 5.74. The van der Waals surface area contributed by atoms with Gasteiger partial charge in [-0.25, -0.2) is 4.79 Å². The number of hydrogen-bond acceptors (Lipinski definition) is 5. The number of carbonyl (C=O) groups is 1. The fraction of sp³-hybridized carbons (Fsp3) is 0.333. The number of thiophene rings is 1. The van der Waals surface area contributed by atoms with Gasteiger partial charge in [0.25, 0.3) is 0 Å². The number of pyridine rings is 1. The molecule has 0 saturated carbocycles. The van der Waals surface area contributed by atoms with Gasteiger partial charge in [-0.2, -0.15) is 11.3 Å². The van der Waals surface area contributed by atoms with Gasteiger partial charge in [0.1, 0.15) is 5.69 Å². The lowest BCUT2D eigenvalue weighted by atomic mass is 9.98. The number of urea groups is 1. The molecule has 1 aliphatic heterocycles. The van der Waals surface area contributed by atoms with Gasteiger partial charge >= 0.3 is 6.03 Å². The number of amides is 2. The summed E-state index contributed by atoms with van der Waals surface area (Å²) in [5.74, 6) is 0.379. The minimum absolute atomic E-state index is 0.0239. The van der Waals surface area contributed by atoms with Crippen molar-refractivity contribution in [3.8, 4) is 11.3 Å². The van der Waals surface area contributed by atoms with Crippen LogP contribution in [0.4, 0.5) is 10.5 Å². The summed E-state index contributed by atoms with van der Waals surface area (Å²) < 4.78 is 1.88. The maximum atomic E-state index is 12.4. The number of nitrogens with zero attached hydrogens (tertiary/aromatic N) is 5. The molecule has 3 aromatic heterocycles. The van der Waals surface area contributed by atoms with Crippen LogP contribution in [-0.4, -0.2) is 44.0 Å². The zero-order valence-corrected chi connectivity index (χ0v) is 15.1. The molecule has 4 heterocycles. The molecule has 7 nitrogen and oxygen atoms in total. The van der Waals surface area contributed by atoms with Crippen LogP contribution in [0, 0.1) is 5.92 Å². The van der Waals surface area contributed by atoms with Gasteiger partial charge in [0, 0.05) is 43.0 Å². The number of anilines is 1. The molecule has 0 bridgehead atoms. The first kappa shape index (κ1) is 16.7. The fourth-order valence-electron chi connectivity index (χ4n) is 3.24. The summed E-state index contributed by atoms with van der Waals surface area (Å²) in [4.78, 5) is 18.4. The van der Waals surface area contributed by atoms with Crippen LogP contribution >= 0.6 is 11.3 Å². The molecule has 2 amide bonds. The zero-order chi connectivity index (χ0) is 17.8. The van der Waals surface area contributed by atoms with Crippen molar-refractivity contribution >= 4 is 23.1 Å². The van der Waals surface area contributed by atoms with E-state index in [2.05, 4.69) is 20.6 Å². The largest absolute Gasteiger partial charge is 0.324 e. The van der Waals surface area contributed by atoms with Crippen LogP contribution in [0.15, 0.2) is 47.5 Å². The molecule has 0 aliphatic carbocycles. The Kier molecular flexibility index (Phi) is 4.92. The van der Waals surface area contributed by atoms with Gasteiger partial charge in [0.2, 0.25) is 0 Å². The Morgan fingerprint density at radius 1 is 1.31 bits per heavy atom. The highest BCUT2D eigenvalue weighted by Crippen LogP contribution is 2.21. The number of rotatable bonds is 4. The highest BCUT2D eigenvalue weighted by atomic mass is 32.1. The molecule has 3 aromatic rings. The van der Waals surface area contributed by atoms with Crippen LogP contribution in [0.3, 0.4) is 0 Å². The fourth-order valence-corrected chi connectivity index (χ4v) is 3.83. The molecule has 1 N–H and O–H groups in total. The van der Waals surface area contributed by atoms with E-state index in [0.717, 1.165) is 49.4 Å². The number of nitrogens with one attached hydrogen (secondary N) is 1. The number of aromatic nitrogens is 4. The Morgan fingerprint density at radius 3 is 3.00 bits per heavy atom. The van der Waals surface area contributed by atoms with E-state index < -0.39 is 0 Å². The van der Waals surface area contributed by atoms with Gasteiger partial charge in [0.15, 0.2) is 0 Å². The van der Waals surface area contributed by atoms with Gasteiger partial charge in [0.05, 0.1) is 11.9 Å². The summed E-state index contributed by atoms with van der Waals surface area (Å²) >= 11 is 1.58. The minimum Gasteiger partial charge on any atom is -0.324 e. The molecule has 1 atom stereocenters. The normalized spacial score (nSPS) is 17.2. The molecule has 0 aromatic carbocycles. The van der Waals surface area contributed by atoms with Crippen molar-refractivity contribution < 1.29 is 4.79 Å². The van der Waals surface area contributed by atoms with E-state index in [4.69, 9.17) is 0 Å². The first-order valence-corrected chi connectivity index (χ1v) is 9.61. The Balaban J connectivity index is 1.36. The van der Waals surface area contributed by atoms with E-state index in [9.17, 15) is 4.79 Å². The SMILES string of the molecule is O=C(Nc1ccsc1)N1CCC[C@@H](Cn2cc(-c3ccncc3)nn2)C1. The topological polar surface area (TPSA) is 75.9 Å². The number of likely N-dealkylation sites (tertiary alicyclic amines) is 1. The van der Waals surface area contributed by atoms with E-state index in [1.165, 1.54) is 0 Å². The van der Waals surface area contributed by atoms with Crippen LogP contribution < -0.4 is 5.32 Å². The van der Waals surface area contributed by atoms with Crippen molar-refractivity contribution in [2.75, 3.05) is 18.4 Å². The minimum atomic E-state index is -0.0239. The van der Waals surface area contributed by atoms with Crippen molar-refractivity contribution in [1.82, 2.24) is 24.9 Å². The lowest BCUT2D eigenvalue weighted by Gasteiger charge is -2.32. The maximum absolute atomic E-state index is 12.4. The molecule has 4 rings (SSSR count). The van der Waals surface area contributed by atoms with Gasteiger partial charge in [-0.05, 0) is 42.3 Å². The molecule has 134 valence electrons. The number of hydrogen-bond donors (Lipinski definition) is 1. The predicted octanol–water partition coefficient (Wildman–Crippen LogP) is 3.35. The monoisotopic (exact) mass is 368 g/mol. The van der Waals surface area contributed by atoms with E-state index in [1.807, 2.05) is 44.7 Å². The molecular weight excluding hydrogens is 348 g/mol. The van der Waals surface area contributed by atoms with Crippen LogP contribution in [0.2, 0.25) is 0 Å². The third kappa shape index (κ3) is 3.91. The second-order valence-corrected chi connectivity index (χ2v) is 7.24. The lowest BCUT2D eigenvalue weighted by Crippen LogP contribution is -2.43. The van der Waals surface area contributed by atoms with E-state index >= 15 is 0 Å². The van der Waals surface area contributed by atoms with Crippen LogP contribution in [0.5, 0.6) is 0 Å².